The highest BCUT2D eigenvalue weighted by Gasteiger charge is 2.17. The van der Waals surface area contributed by atoms with Crippen molar-refractivity contribution in [1.82, 2.24) is 25.2 Å². The first-order valence-corrected chi connectivity index (χ1v) is 6.78. The Balaban J connectivity index is 1.91. The molecule has 1 atom stereocenters. The molecule has 0 bridgehead atoms. The third kappa shape index (κ3) is 3.56. The van der Waals surface area contributed by atoms with E-state index in [9.17, 15) is 9.59 Å². The molecule has 0 saturated carbocycles. The van der Waals surface area contributed by atoms with Crippen molar-refractivity contribution in [3.8, 4) is 0 Å². The summed E-state index contributed by atoms with van der Waals surface area (Å²) in [6.07, 6.45) is 0.248. The minimum atomic E-state index is -0.528. The number of fused-ring (bicyclic) bond motifs is 1. The summed E-state index contributed by atoms with van der Waals surface area (Å²) in [5.74, 6) is -0.313. The van der Waals surface area contributed by atoms with Gasteiger partial charge in [-0.2, -0.15) is 0 Å². The van der Waals surface area contributed by atoms with Gasteiger partial charge in [-0.15, -0.1) is 5.10 Å². The molecule has 7 heteroatoms. The largest absolute Gasteiger partial charge is 0.347 e. The zero-order valence-electron chi connectivity index (χ0n) is 12.4. The second-order valence-electron chi connectivity index (χ2n) is 5.07. The summed E-state index contributed by atoms with van der Waals surface area (Å²) in [4.78, 5) is 25.0. The maximum Gasteiger partial charge on any atom is 0.244 e. The van der Waals surface area contributed by atoms with Crippen LogP contribution >= 0.6 is 0 Å². The quantitative estimate of drug-likeness (QED) is 0.865. The van der Waals surface area contributed by atoms with E-state index in [1.807, 2.05) is 24.3 Å². The van der Waals surface area contributed by atoms with Crippen LogP contribution in [0.15, 0.2) is 24.3 Å². The Kier molecular flexibility index (Phi) is 4.52. The Morgan fingerprint density at radius 2 is 2.05 bits per heavy atom. The molecule has 1 aromatic carbocycles. The molecule has 0 aliphatic carbocycles. The van der Waals surface area contributed by atoms with Gasteiger partial charge >= 0.3 is 0 Å². The SMILES string of the molecule is C[C@@H](NC(=O)CCn1nnc2ccccc21)C(=O)N(C)C. The monoisotopic (exact) mass is 289 g/mol. The number of nitrogens with zero attached hydrogens (tertiary/aromatic N) is 4. The molecule has 112 valence electrons. The fourth-order valence-corrected chi connectivity index (χ4v) is 2.05. The van der Waals surface area contributed by atoms with Gasteiger partial charge in [-0.3, -0.25) is 9.59 Å². The molecular formula is C14H19N5O2. The lowest BCUT2D eigenvalue weighted by molar-refractivity contribution is -0.134. The van der Waals surface area contributed by atoms with E-state index < -0.39 is 6.04 Å². The number of nitrogens with one attached hydrogen (secondary N) is 1. The number of likely N-dealkylation sites (N-methyl/N-ethyl adjacent to an activating group) is 1. The maximum absolute atomic E-state index is 11.9. The highest BCUT2D eigenvalue weighted by atomic mass is 16.2. The third-order valence-electron chi connectivity index (χ3n) is 3.16. The number of hydrogen-bond donors (Lipinski definition) is 1. The normalized spacial score (nSPS) is 12.1. The fourth-order valence-electron chi connectivity index (χ4n) is 2.05. The van der Waals surface area contributed by atoms with Gasteiger partial charge in [0, 0.05) is 20.5 Å². The number of carbonyl (C=O) groups excluding carboxylic acids is 2. The van der Waals surface area contributed by atoms with E-state index in [-0.39, 0.29) is 18.2 Å². The summed E-state index contributed by atoms with van der Waals surface area (Å²) < 4.78 is 1.69. The molecule has 2 amide bonds. The van der Waals surface area contributed by atoms with Crippen molar-refractivity contribution in [3.05, 3.63) is 24.3 Å². The van der Waals surface area contributed by atoms with Gasteiger partial charge < -0.3 is 10.2 Å². The standard InChI is InChI=1S/C14H19N5O2/c1-10(14(21)18(2)3)15-13(20)8-9-19-12-7-5-4-6-11(12)16-17-19/h4-7,10H,8-9H2,1-3H3,(H,15,20)/t10-/m1/s1. The van der Waals surface area contributed by atoms with Crippen LogP contribution in [-0.2, 0) is 16.1 Å². The first-order chi connectivity index (χ1) is 9.99. The lowest BCUT2D eigenvalue weighted by atomic mass is 10.2. The molecule has 0 spiro atoms. The lowest BCUT2D eigenvalue weighted by Gasteiger charge is -2.17. The predicted octanol–water partition coefficient (Wildman–Crippen LogP) is 0.414. The van der Waals surface area contributed by atoms with Crippen LogP contribution in [0, 0.1) is 0 Å². The fraction of sp³-hybridized carbons (Fsp3) is 0.429. The number of benzene rings is 1. The number of para-hydroxylation sites is 1. The average molecular weight is 289 g/mol. The van der Waals surface area contributed by atoms with Crippen LogP contribution in [0.3, 0.4) is 0 Å². The maximum atomic E-state index is 11.9. The molecule has 7 nitrogen and oxygen atoms in total. The first kappa shape index (κ1) is 15.0. The van der Waals surface area contributed by atoms with Gasteiger partial charge in [0.15, 0.2) is 0 Å². The Bertz CT molecular complexity index is 650. The second kappa shape index (κ2) is 6.34. The third-order valence-corrected chi connectivity index (χ3v) is 3.16. The molecule has 0 radical (unpaired) electrons. The minimum absolute atomic E-state index is 0.130. The molecule has 2 aromatic rings. The molecular weight excluding hydrogens is 270 g/mol. The van der Waals surface area contributed by atoms with Gasteiger partial charge in [0.25, 0.3) is 0 Å². The summed E-state index contributed by atoms with van der Waals surface area (Å²) in [5, 5.41) is 10.7. The molecule has 1 N–H and O–H groups in total. The number of rotatable bonds is 5. The minimum Gasteiger partial charge on any atom is -0.347 e. The van der Waals surface area contributed by atoms with Crippen molar-refractivity contribution in [1.29, 1.82) is 0 Å². The summed E-state index contributed by atoms with van der Waals surface area (Å²) in [6, 6.07) is 7.05. The average Bonchev–Trinajstić information content (AvgIpc) is 2.87. The van der Waals surface area contributed by atoms with Crippen molar-refractivity contribution in [2.75, 3.05) is 14.1 Å². The number of amides is 2. The summed E-state index contributed by atoms with van der Waals surface area (Å²) >= 11 is 0. The van der Waals surface area contributed by atoms with Crippen LogP contribution in [0.25, 0.3) is 11.0 Å². The zero-order chi connectivity index (χ0) is 15.4. The van der Waals surface area contributed by atoms with E-state index in [2.05, 4.69) is 15.6 Å². The van der Waals surface area contributed by atoms with E-state index in [0.29, 0.717) is 6.54 Å². The van der Waals surface area contributed by atoms with Crippen LogP contribution in [0.2, 0.25) is 0 Å². The summed E-state index contributed by atoms with van der Waals surface area (Å²) in [6.45, 7) is 2.10. The first-order valence-electron chi connectivity index (χ1n) is 6.78. The van der Waals surface area contributed by atoms with Gasteiger partial charge in [0.1, 0.15) is 11.6 Å². The molecule has 0 fully saturated rings. The van der Waals surface area contributed by atoms with Crippen molar-refractivity contribution >= 4 is 22.8 Å². The van der Waals surface area contributed by atoms with Gasteiger partial charge in [-0.25, -0.2) is 4.68 Å². The van der Waals surface area contributed by atoms with Gasteiger partial charge in [0.2, 0.25) is 11.8 Å². The Morgan fingerprint density at radius 3 is 2.76 bits per heavy atom. The molecule has 0 aliphatic heterocycles. The van der Waals surface area contributed by atoms with E-state index >= 15 is 0 Å². The van der Waals surface area contributed by atoms with Gasteiger partial charge in [-0.1, -0.05) is 17.3 Å². The lowest BCUT2D eigenvalue weighted by Crippen LogP contribution is -2.44. The number of carbonyl (C=O) groups is 2. The number of hydrogen-bond acceptors (Lipinski definition) is 4. The highest BCUT2D eigenvalue weighted by Crippen LogP contribution is 2.09. The Morgan fingerprint density at radius 1 is 1.33 bits per heavy atom. The summed E-state index contributed by atoms with van der Waals surface area (Å²) in [7, 11) is 3.32. The van der Waals surface area contributed by atoms with Crippen LogP contribution < -0.4 is 5.32 Å². The van der Waals surface area contributed by atoms with Crippen molar-refractivity contribution in [2.45, 2.75) is 25.9 Å². The molecule has 1 aromatic heterocycles. The molecule has 21 heavy (non-hydrogen) atoms. The van der Waals surface area contributed by atoms with Crippen molar-refractivity contribution in [3.63, 3.8) is 0 Å². The Hall–Kier alpha value is -2.44. The Labute approximate surface area is 122 Å². The topological polar surface area (TPSA) is 80.1 Å². The van der Waals surface area contributed by atoms with Crippen LogP contribution in [-0.4, -0.2) is 51.8 Å². The highest BCUT2D eigenvalue weighted by molar-refractivity contribution is 5.87. The molecule has 0 aliphatic rings. The van der Waals surface area contributed by atoms with E-state index in [4.69, 9.17) is 0 Å². The van der Waals surface area contributed by atoms with Crippen LogP contribution in [0.4, 0.5) is 0 Å². The van der Waals surface area contributed by atoms with E-state index in [1.165, 1.54) is 4.90 Å². The van der Waals surface area contributed by atoms with E-state index in [1.54, 1.807) is 25.7 Å². The predicted molar refractivity (Wildman–Crippen MR) is 78.4 cm³/mol. The van der Waals surface area contributed by atoms with Crippen molar-refractivity contribution < 1.29 is 9.59 Å². The molecule has 0 saturated heterocycles. The smallest absolute Gasteiger partial charge is 0.244 e. The van der Waals surface area contributed by atoms with Crippen LogP contribution in [0.5, 0.6) is 0 Å². The van der Waals surface area contributed by atoms with Crippen molar-refractivity contribution in [2.24, 2.45) is 0 Å². The molecule has 2 rings (SSSR count). The second-order valence-corrected chi connectivity index (χ2v) is 5.07. The zero-order valence-corrected chi connectivity index (χ0v) is 12.4. The number of aryl methyl sites for hydroxylation is 1. The van der Waals surface area contributed by atoms with E-state index in [0.717, 1.165) is 11.0 Å². The molecule has 0 unspecified atom stereocenters. The van der Waals surface area contributed by atoms with Gasteiger partial charge in [0.05, 0.1) is 12.1 Å². The number of aromatic nitrogens is 3. The summed E-state index contributed by atoms with van der Waals surface area (Å²) in [5.41, 5.74) is 1.69. The van der Waals surface area contributed by atoms with Gasteiger partial charge in [-0.05, 0) is 19.1 Å². The van der Waals surface area contributed by atoms with Crippen LogP contribution in [0.1, 0.15) is 13.3 Å². The molecule has 1 heterocycles.